The topological polar surface area (TPSA) is 105 Å². The van der Waals surface area contributed by atoms with Gasteiger partial charge in [0.05, 0.1) is 24.1 Å². The highest BCUT2D eigenvalue weighted by Crippen LogP contribution is 2.33. The summed E-state index contributed by atoms with van der Waals surface area (Å²) in [5.41, 5.74) is 2.23. The lowest BCUT2D eigenvalue weighted by atomic mass is 10.1. The number of piperazine rings is 1. The first-order valence-electron chi connectivity index (χ1n) is 9.50. The van der Waals surface area contributed by atoms with Crippen molar-refractivity contribution in [3.8, 4) is 0 Å². The number of hydrogen-bond acceptors (Lipinski definition) is 8. The molecule has 0 spiro atoms. The number of amides is 1. The van der Waals surface area contributed by atoms with Crippen LogP contribution in [0.3, 0.4) is 0 Å². The van der Waals surface area contributed by atoms with Gasteiger partial charge in [-0.25, -0.2) is 4.79 Å². The third-order valence-corrected chi connectivity index (χ3v) is 6.32. The molecular formula is C20H24N4O5S. The minimum Gasteiger partial charge on any atom is -0.465 e. The number of methoxy groups -OCH3 is 1. The van der Waals surface area contributed by atoms with Crippen molar-refractivity contribution in [3.63, 3.8) is 0 Å². The van der Waals surface area contributed by atoms with Gasteiger partial charge < -0.3 is 15.0 Å². The van der Waals surface area contributed by atoms with Crippen molar-refractivity contribution >= 4 is 39.6 Å². The second kappa shape index (κ2) is 9.23. The van der Waals surface area contributed by atoms with Crippen LogP contribution in [0, 0.1) is 24.0 Å². The molecule has 0 bridgehead atoms. The number of benzene rings is 1. The van der Waals surface area contributed by atoms with Crippen LogP contribution in [0.4, 0.5) is 16.4 Å². The van der Waals surface area contributed by atoms with E-state index in [1.165, 1.54) is 30.6 Å². The van der Waals surface area contributed by atoms with Gasteiger partial charge in [0.15, 0.2) is 0 Å². The number of nitro benzene ring substituents is 1. The Morgan fingerprint density at radius 1 is 1.17 bits per heavy atom. The summed E-state index contributed by atoms with van der Waals surface area (Å²) < 4.78 is 4.84. The molecule has 1 fully saturated rings. The number of nitrogens with one attached hydrogen (secondary N) is 1. The molecule has 3 rings (SSSR count). The van der Waals surface area contributed by atoms with Crippen molar-refractivity contribution in [2.45, 2.75) is 13.8 Å². The Hall–Kier alpha value is -2.98. The highest BCUT2D eigenvalue weighted by atomic mass is 32.1. The van der Waals surface area contributed by atoms with Crippen LogP contribution < -0.4 is 10.2 Å². The van der Waals surface area contributed by atoms with E-state index in [2.05, 4.69) is 10.2 Å². The summed E-state index contributed by atoms with van der Waals surface area (Å²) in [5.74, 6) is -0.631. The summed E-state index contributed by atoms with van der Waals surface area (Å²) in [6.07, 6.45) is 0. The summed E-state index contributed by atoms with van der Waals surface area (Å²) >= 11 is 1.37. The van der Waals surface area contributed by atoms with Crippen molar-refractivity contribution in [2.75, 3.05) is 50.1 Å². The molecule has 1 aliphatic rings. The lowest BCUT2D eigenvalue weighted by molar-refractivity contribution is -0.384. The standard InChI is InChI=1S/C20H24N4O5S/c1-13-14(2)30-19(18(13)20(26)29-3)21-17(25)12-22-8-10-23(11-9-22)15-4-6-16(7-5-15)24(27)28/h4-7H,8-12H2,1-3H3,(H,21,25). The molecular weight excluding hydrogens is 408 g/mol. The second-order valence-electron chi connectivity index (χ2n) is 7.06. The van der Waals surface area contributed by atoms with Crippen LogP contribution in [0.2, 0.25) is 0 Å². The number of hydrogen-bond donors (Lipinski definition) is 1. The first-order chi connectivity index (χ1) is 14.3. The van der Waals surface area contributed by atoms with Gasteiger partial charge >= 0.3 is 5.97 Å². The Kier molecular flexibility index (Phi) is 6.68. The number of carbonyl (C=O) groups excluding carboxylic acids is 2. The van der Waals surface area contributed by atoms with Gasteiger partial charge in [-0.3, -0.25) is 19.8 Å². The van der Waals surface area contributed by atoms with Crippen molar-refractivity contribution in [3.05, 3.63) is 50.4 Å². The zero-order valence-corrected chi connectivity index (χ0v) is 18.0. The molecule has 1 aromatic carbocycles. The average molecular weight is 433 g/mol. The third-order valence-electron chi connectivity index (χ3n) is 5.19. The van der Waals surface area contributed by atoms with Gasteiger partial charge in [0.2, 0.25) is 5.91 Å². The Balaban J connectivity index is 1.55. The number of nitrogens with zero attached hydrogens (tertiary/aromatic N) is 3. The molecule has 0 unspecified atom stereocenters. The monoisotopic (exact) mass is 432 g/mol. The van der Waals surface area contributed by atoms with Crippen molar-refractivity contribution < 1.29 is 19.2 Å². The van der Waals surface area contributed by atoms with Crippen LogP contribution in [0.1, 0.15) is 20.8 Å². The Morgan fingerprint density at radius 3 is 2.37 bits per heavy atom. The SMILES string of the molecule is COC(=O)c1c(NC(=O)CN2CCN(c3ccc([N+](=O)[O-])cc3)CC2)sc(C)c1C. The number of ether oxygens (including phenoxy) is 1. The second-order valence-corrected chi connectivity index (χ2v) is 8.29. The summed E-state index contributed by atoms with van der Waals surface area (Å²) in [5, 5.41) is 14.2. The minimum absolute atomic E-state index is 0.0689. The molecule has 30 heavy (non-hydrogen) atoms. The van der Waals surface area contributed by atoms with E-state index in [0.29, 0.717) is 23.7 Å². The first-order valence-corrected chi connectivity index (χ1v) is 10.3. The number of rotatable bonds is 6. The molecule has 0 atom stereocenters. The molecule has 9 nitrogen and oxygen atoms in total. The third kappa shape index (κ3) is 4.77. The molecule has 160 valence electrons. The minimum atomic E-state index is -0.455. The maximum absolute atomic E-state index is 12.5. The molecule has 0 radical (unpaired) electrons. The van der Waals surface area contributed by atoms with E-state index in [4.69, 9.17) is 4.74 Å². The maximum atomic E-state index is 12.5. The van der Waals surface area contributed by atoms with E-state index < -0.39 is 10.9 Å². The predicted molar refractivity (Wildman–Crippen MR) is 116 cm³/mol. The highest BCUT2D eigenvalue weighted by Gasteiger charge is 2.24. The summed E-state index contributed by atoms with van der Waals surface area (Å²) in [4.78, 5) is 40.1. The van der Waals surface area contributed by atoms with Crippen LogP contribution in [-0.2, 0) is 9.53 Å². The van der Waals surface area contributed by atoms with Gasteiger partial charge in [-0.15, -0.1) is 11.3 Å². The molecule has 0 saturated carbocycles. The normalized spacial score (nSPS) is 14.4. The molecule has 1 aliphatic heterocycles. The van der Waals surface area contributed by atoms with Crippen LogP contribution >= 0.6 is 11.3 Å². The quantitative estimate of drug-likeness (QED) is 0.425. The van der Waals surface area contributed by atoms with Gasteiger partial charge in [0, 0.05) is 48.9 Å². The van der Waals surface area contributed by atoms with Crippen LogP contribution in [-0.4, -0.2) is 61.5 Å². The number of aryl methyl sites for hydroxylation is 1. The zero-order chi connectivity index (χ0) is 21.8. The Bertz CT molecular complexity index is 949. The Labute approximate surface area is 178 Å². The molecule has 10 heteroatoms. The smallest absolute Gasteiger partial charge is 0.341 e. The lowest BCUT2D eigenvalue weighted by Crippen LogP contribution is -2.48. The number of anilines is 2. The van der Waals surface area contributed by atoms with E-state index >= 15 is 0 Å². The summed E-state index contributed by atoms with van der Waals surface area (Å²) in [6, 6.07) is 6.49. The van der Waals surface area contributed by atoms with E-state index in [1.807, 2.05) is 18.7 Å². The highest BCUT2D eigenvalue weighted by molar-refractivity contribution is 7.16. The summed E-state index contributed by atoms with van der Waals surface area (Å²) in [7, 11) is 1.32. The molecule has 1 amide bonds. The van der Waals surface area contributed by atoms with Crippen molar-refractivity contribution in [1.82, 2.24) is 4.90 Å². The number of nitro groups is 1. The van der Waals surface area contributed by atoms with Gasteiger partial charge in [0.25, 0.3) is 5.69 Å². The van der Waals surface area contributed by atoms with E-state index in [0.717, 1.165) is 29.2 Å². The fraction of sp³-hybridized carbons (Fsp3) is 0.400. The van der Waals surface area contributed by atoms with Crippen molar-refractivity contribution in [1.29, 1.82) is 0 Å². The molecule has 1 saturated heterocycles. The fourth-order valence-corrected chi connectivity index (χ4v) is 4.45. The van der Waals surface area contributed by atoms with Crippen LogP contribution in [0.5, 0.6) is 0 Å². The van der Waals surface area contributed by atoms with E-state index in [-0.39, 0.29) is 18.1 Å². The Morgan fingerprint density at radius 2 is 1.80 bits per heavy atom. The van der Waals surface area contributed by atoms with Crippen molar-refractivity contribution in [2.24, 2.45) is 0 Å². The number of thiophene rings is 1. The zero-order valence-electron chi connectivity index (χ0n) is 17.1. The average Bonchev–Trinajstić information content (AvgIpc) is 3.01. The van der Waals surface area contributed by atoms with Crippen LogP contribution in [0.15, 0.2) is 24.3 Å². The van der Waals surface area contributed by atoms with Gasteiger partial charge in [-0.05, 0) is 31.5 Å². The molecule has 2 aromatic rings. The molecule has 0 aliphatic carbocycles. The maximum Gasteiger partial charge on any atom is 0.341 e. The van der Waals surface area contributed by atoms with E-state index in [1.54, 1.807) is 12.1 Å². The van der Waals surface area contributed by atoms with Crippen LogP contribution in [0.25, 0.3) is 0 Å². The molecule has 1 aromatic heterocycles. The lowest BCUT2D eigenvalue weighted by Gasteiger charge is -2.35. The van der Waals surface area contributed by atoms with Gasteiger partial charge in [-0.2, -0.15) is 0 Å². The fourth-order valence-electron chi connectivity index (χ4n) is 3.38. The predicted octanol–water partition coefficient (Wildman–Crippen LogP) is 2.82. The van der Waals surface area contributed by atoms with E-state index in [9.17, 15) is 19.7 Å². The number of carbonyl (C=O) groups is 2. The molecule has 1 N–H and O–H groups in total. The number of esters is 1. The largest absolute Gasteiger partial charge is 0.465 e. The first kappa shape index (κ1) is 21.7. The molecule has 2 heterocycles. The van der Waals surface area contributed by atoms with Gasteiger partial charge in [-0.1, -0.05) is 0 Å². The van der Waals surface area contributed by atoms with Gasteiger partial charge in [0.1, 0.15) is 5.00 Å². The number of non-ortho nitro benzene ring substituents is 1. The summed E-state index contributed by atoms with van der Waals surface area (Å²) in [6.45, 7) is 6.79.